The van der Waals surface area contributed by atoms with Crippen LogP contribution in [0.1, 0.15) is 83.0 Å². The van der Waals surface area contributed by atoms with Gasteiger partial charge in [0.1, 0.15) is 18.9 Å². The number of hydrogen-bond acceptors (Lipinski definition) is 0. The first-order valence-corrected chi connectivity index (χ1v) is 10.5. The van der Waals surface area contributed by atoms with Gasteiger partial charge in [-0.2, -0.15) is 0 Å². The Kier molecular flexibility index (Phi) is 9.40. The third-order valence-corrected chi connectivity index (χ3v) is 5.04. The number of hydrogen-bond donors (Lipinski definition) is 0. The van der Waals surface area contributed by atoms with Crippen molar-refractivity contribution in [2.75, 3.05) is 0 Å². The maximum Gasteiger partial charge on any atom is 0.256 e. The highest BCUT2D eigenvalue weighted by atomic mass is 15.1. The maximum absolute atomic E-state index is 2.51. The summed E-state index contributed by atoms with van der Waals surface area (Å²) in [6, 6.07) is 10.8. The van der Waals surface area contributed by atoms with Crippen molar-refractivity contribution in [2.24, 2.45) is 0 Å². The average Bonchev–Trinajstić information content (AvgIpc) is 3.01. The van der Waals surface area contributed by atoms with Gasteiger partial charge in [0.15, 0.2) is 0 Å². The topological polar surface area (TPSA) is 8.81 Å². The van der Waals surface area contributed by atoms with Crippen molar-refractivity contribution in [3.8, 4) is 0 Å². The summed E-state index contributed by atoms with van der Waals surface area (Å²) in [4.78, 5) is 0. The number of aromatic nitrogens is 2. The van der Waals surface area contributed by atoms with Gasteiger partial charge in [0.05, 0.1) is 6.54 Å². The fourth-order valence-electron chi connectivity index (χ4n) is 3.51. The summed E-state index contributed by atoms with van der Waals surface area (Å²) in [5.41, 5.74) is 1.39. The molecule has 1 heterocycles. The average molecular weight is 342 g/mol. The molecule has 0 fully saturated rings. The molecule has 0 atom stereocenters. The molecule has 0 N–H and O–H groups in total. The SMILES string of the molecule is CCCCCCC[n+]1ccn(Cc2ccccc2)c1CCCCCC. The minimum atomic E-state index is 0.993. The molecule has 25 heavy (non-hydrogen) atoms. The zero-order valence-electron chi connectivity index (χ0n) is 16.4. The highest BCUT2D eigenvalue weighted by Gasteiger charge is 2.16. The minimum absolute atomic E-state index is 0.993. The van der Waals surface area contributed by atoms with Crippen molar-refractivity contribution >= 4 is 0 Å². The van der Waals surface area contributed by atoms with Gasteiger partial charge in [-0.15, -0.1) is 0 Å². The van der Waals surface area contributed by atoms with Gasteiger partial charge < -0.3 is 0 Å². The van der Waals surface area contributed by atoms with Gasteiger partial charge >= 0.3 is 0 Å². The van der Waals surface area contributed by atoms with E-state index in [1.165, 1.54) is 82.1 Å². The van der Waals surface area contributed by atoms with Gasteiger partial charge in [0.2, 0.25) is 0 Å². The van der Waals surface area contributed by atoms with E-state index in [2.05, 4.69) is 65.7 Å². The van der Waals surface area contributed by atoms with E-state index in [1.807, 2.05) is 0 Å². The van der Waals surface area contributed by atoms with Crippen LogP contribution in [0, 0.1) is 0 Å². The van der Waals surface area contributed by atoms with E-state index in [9.17, 15) is 0 Å². The van der Waals surface area contributed by atoms with Crippen LogP contribution < -0.4 is 4.57 Å². The molecular weight excluding hydrogens is 304 g/mol. The van der Waals surface area contributed by atoms with Crippen molar-refractivity contribution < 1.29 is 4.57 Å². The van der Waals surface area contributed by atoms with Crippen LogP contribution in [0.3, 0.4) is 0 Å². The van der Waals surface area contributed by atoms with Crippen molar-refractivity contribution in [3.05, 3.63) is 54.1 Å². The van der Waals surface area contributed by atoms with Crippen molar-refractivity contribution in [3.63, 3.8) is 0 Å². The van der Waals surface area contributed by atoms with Gasteiger partial charge in [-0.3, -0.25) is 0 Å². The lowest BCUT2D eigenvalue weighted by atomic mass is 10.1. The summed E-state index contributed by atoms with van der Waals surface area (Å²) in [5, 5.41) is 0. The zero-order chi connectivity index (χ0) is 17.7. The third kappa shape index (κ3) is 7.05. The highest BCUT2D eigenvalue weighted by Crippen LogP contribution is 2.10. The summed E-state index contributed by atoms with van der Waals surface area (Å²) in [5.74, 6) is 1.51. The van der Waals surface area contributed by atoms with E-state index in [1.54, 1.807) is 0 Å². The Labute approximate surface area is 154 Å². The molecule has 1 aromatic carbocycles. The van der Waals surface area contributed by atoms with Crippen molar-refractivity contribution in [2.45, 2.75) is 91.1 Å². The normalized spacial score (nSPS) is 11.1. The van der Waals surface area contributed by atoms with Crippen LogP contribution in [-0.4, -0.2) is 4.57 Å². The monoisotopic (exact) mass is 341 g/mol. The molecule has 0 bridgehead atoms. The molecule has 0 aliphatic rings. The number of aryl methyl sites for hydroxylation is 1. The molecule has 0 spiro atoms. The van der Waals surface area contributed by atoms with Crippen LogP contribution in [0.5, 0.6) is 0 Å². The fraction of sp³-hybridized carbons (Fsp3) is 0.609. The molecule has 0 saturated carbocycles. The molecule has 2 nitrogen and oxygen atoms in total. The second-order valence-corrected chi connectivity index (χ2v) is 7.25. The quantitative estimate of drug-likeness (QED) is 0.316. The van der Waals surface area contributed by atoms with Crippen LogP contribution >= 0.6 is 0 Å². The van der Waals surface area contributed by atoms with E-state index >= 15 is 0 Å². The third-order valence-electron chi connectivity index (χ3n) is 5.04. The van der Waals surface area contributed by atoms with Crippen LogP contribution in [-0.2, 0) is 19.5 Å². The number of nitrogens with zero attached hydrogens (tertiary/aromatic N) is 2. The summed E-state index contributed by atoms with van der Waals surface area (Å²) < 4.78 is 4.98. The van der Waals surface area contributed by atoms with Gasteiger partial charge in [0.25, 0.3) is 5.82 Å². The predicted molar refractivity (Wildman–Crippen MR) is 107 cm³/mol. The molecule has 2 rings (SSSR count). The summed E-state index contributed by atoms with van der Waals surface area (Å²) in [6.07, 6.45) is 17.9. The lowest BCUT2D eigenvalue weighted by molar-refractivity contribution is -0.704. The Morgan fingerprint density at radius 1 is 0.800 bits per heavy atom. The van der Waals surface area contributed by atoms with E-state index < -0.39 is 0 Å². The largest absolute Gasteiger partial charge is 0.256 e. The van der Waals surface area contributed by atoms with Crippen LogP contribution in [0.15, 0.2) is 42.7 Å². The van der Waals surface area contributed by atoms with E-state index in [0.717, 1.165) is 6.54 Å². The lowest BCUT2D eigenvalue weighted by Crippen LogP contribution is -2.37. The molecule has 0 aliphatic heterocycles. The summed E-state index contributed by atoms with van der Waals surface area (Å²) in [7, 11) is 0. The Bertz CT molecular complexity index is 571. The highest BCUT2D eigenvalue weighted by molar-refractivity contribution is 5.15. The Morgan fingerprint density at radius 2 is 1.48 bits per heavy atom. The summed E-state index contributed by atoms with van der Waals surface area (Å²) >= 11 is 0. The molecule has 0 radical (unpaired) electrons. The minimum Gasteiger partial charge on any atom is -0.234 e. The number of unbranched alkanes of at least 4 members (excludes halogenated alkanes) is 7. The van der Waals surface area contributed by atoms with Crippen molar-refractivity contribution in [1.29, 1.82) is 0 Å². The van der Waals surface area contributed by atoms with Gasteiger partial charge in [-0.1, -0.05) is 82.7 Å². The Hall–Kier alpha value is -1.57. The molecule has 1 aromatic heterocycles. The van der Waals surface area contributed by atoms with Crippen molar-refractivity contribution in [1.82, 2.24) is 4.57 Å². The second kappa shape index (κ2) is 11.9. The molecule has 2 aromatic rings. The molecule has 138 valence electrons. The van der Waals surface area contributed by atoms with Crippen LogP contribution in [0.25, 0.3) is 0 Å². The molecule has 0 saturated heterocycles. The molecule has 0 amide bonds. The van der Waals surface area contributed by atoms with Gasteiger partial charge in [-0.05, 0) is 24.8 Å². The second-order valence-electron chi connectivity index (χ2n) is 7.25. The molecule has 2 heteroatoms. The smallest absolute Gasteiger partial charge is 0.234 e. The van der Waals surface area contributed by atoms with Gasteiger partial charge in [0, 0.05) is 6.42 Å². The molecule has 0 unspecified atom stereocenters. The van der Waals surface area contributed by atoms with Crippen LogP contribution in [0.4, 0.5) is 0 Å². The predicted octanol–water partition coefficient (Wildman–Crippen LogP) is 5.92. The van der Waals surface area contributed by atoms with E-state index in [0.29, 0.717) is 0 Å². The van der Waals surface area contributed by atoms with E-state index in [-0.39, 0.29) is 0 Å². The first-order chi connectivity index (χ1) is 12.3. The number of imidazole rings is 1. The molecule has 0 aliphatic carbocycles. The zero-order valence-corrected chi connectivity index (χ0v) is 16.4. The van der Waals surface area contributed by atoms with Gasteiger partial charge in [-0.25, -0.2) is 9.13 Å². The Balaban J connectivity index is 1.98. The number of benzene rings is 1. The molecular formula is C23H37N2+. The lowest BCUT2D eigenvalue weighted by Gasteiger charge is -2.06. The standard InChI is InChI=1S/C23H37N2/c1-3-5-7-9-14-18-24-19-20-25(21-22-15-11-10-12-16-22)23(24)17-13-8-6-4-2/h10-12,15-16,19-20H,3-9,13-14,17-18,21H2,1-2H3/q+1. The van der Waals surface area contributed by atoms with E-state index in [4.69, 9.17) is 0 Å². The first-order valence-electron chi connectivity index (χ1n) is 10.5. The maximum atomic E-state index is 2.51. The first kappa shape index (κ1) is 19.8. The van der Waals surface area contributed by atoms with Crippen LogP contribution in [0.2, 0.25) is 0 Å². The number of rotatable bonds is 13. The summed E-state index contributed by atoms with van der Waals surface area (Å²) in [6.45, 7) is 6.74. The Morgan fingerprint density at radius 3 is 2.20 bits per heavy atom. The fourth-order valence-corrected chi connectivity index (χ4v) is 3.51.